The largest absolute Gasteiger partial charge is 0.361 e. The molecule has 0 rings (SSSR count). The van der Waals surface area contributed by atoms with Gasteiger partial charge in [0.2, 0.25) is 11.9 Å². The van der Waals surface area contributed by atoms with Crippen LogP contribution in [0.15, 0.2) is 4.99 Å². The van der Waals surface area contributed by atoms with Crippen molar-refractivity contribution in [3.05, 3.63) is 0 Å². The molecule has 0 aromatic heterocycles. The summed E-state index contributed by atoms with van der Waals surface area (Å²) in [6.07, 6.45) is 1.34. The summed E-state index contributed by atoms with van der Waals surface area (Å²) in [5, 5.41) is 37.5. The van der Waals surface area contributed by atoms with E-state index in [0.717, 1.165) is 6.92 Å². The maximum Gasteiger partial charge on any atom is 0.235 e. The molecule has 0 aliphatic carbocycles. The van der Waals surface area contributed by atoms with Crippen molar-refractivity contribution in [2.45, 2.75) is 50.6 Å². The van der Waals surface area contributed by atoms with Crippen molar-refractivity contribution in [2.24, 2.45) is 10.7 Å². The molecule has 0 spiro atoms. The zero-order valence-electron chi connectivity index (χ0n) is 10.1. The van der Waals surface area contributed by atoms with Gasteiger partial charge in [0.15, 0.2) is 5.66 Å². The zero-order chi connectivity index (χ0) is 13.9. The molecule has 6 N–H and O–H groups in total. The summed E-state index contributed by atoms with van der Waals surface area (Å²) in [6.45, 7) is 4.09. The number of nitrogens with two attached hydrogens (primary N) is 1. The molecule has 0 aromatic rings. The Morgan fingerprint density at radius 2 is 1.71 bits per heavy atom. The van der Waals surface area contributed by atoms with E-state index < -0.39 is 22.2 Å². The smallest absolute Gasteiger partial charge is 0.235 e. The molecule has 17 heavy (non-hydrogen) atoms. The van der Waals surface area contributed by atoms with Crippen LogP contribution in [0.1, 0.15) is 33.6 Å². The summed E-state index contributed by atoms with van der Waals surface area (Å²) in [6, 6.07) is 0. The molecule has 0 bridgehead atoms. The van der Waals surface area contributed by atoms with Gasteiger partial charge < -0.3 is 15.9 Å². The molecule has 1 unspecified atom stereocenters. The molecule has 1 atom stereocenters. The Balaban J connectivity index is 5.75. The van der Waals surface area contributed by atoms with Gasteiger partial charge in [-0.3, -0.25) is 10.4 Å². The Labute approximate surface area is 98.9 Å². The number of hydroxylamine groups is 2. The van der Waals surface area contributed by atoms with E-state index in [1.807, 2.05) is 0 Å². The lowest BCUT2D eigenvalue weighted by Gasteiger charge is -2.48. The van der Waals surface area contributed by atoms with Gasteiger partial charge in [-0.25, -0.2) is 4.79 Å². The lowest BCUT2D eigenvalue weighted by molar-refractivity contribution is -0.425. The minimum absolute atomic E-state index is 0.0480. The van der Waals surface area contributed by atoms with Crippen molar-refractivity contribution in [2.75, 3.05) is 0 Å². The highest BCUT2D eigenvalue weighted by Gasteiger charge is 2.60. The predicted octanol–water partition coefficient (Wildman–Crippen LogP) is -0.683. The molecule has 0 amide bonds. The number of isocyanates is 1. The van der Waals surface area contributed by atoms with E-state index in [2.05, 4.69) is 4.99 Å². The predicted molar refractivity (Wildman–Crippen MR) is 56.6 cm³/mol. The van der Waals surface area contributed by atoms with Crippen LogP contribution < -0.4 is 5.73 Å². The third-order valence-electron chi connectivity index (χ3n) is 3.20. The topological polar surface area (TPSA) is 140 Å². The number of aliphatic imine (C=N–C) groups is 1. The summed E-state index contributed by atoms with van der Waals surface area (Å²) in [5.74, 6) is -2.84. The Morgan fingerprint density at radius 3 is 1.94 bits per heavy atom. The highest BCUT2D eigenvalue weighted by atomic mass is 16.8. The van der Waals surface area contributed by atoms with Gasteiger partial charge in [0.25, 0.3) is 0 Å². The number of rotatable bonds is 6. The second kappa shape index (κ2) is 5.19. The summed E-state index contributed by atoms with van der Waals surface area (Å²) in [5.41, 5.74) is 1.43. The second-order valence-electron chi connectivity index (χ2n) is 4.05. The molecule has 0 aromatic carbocycles. The highest BCUT2D eigenvalue weighted by molar-refractivity contribution is 5.36. The molecule has 0 aliphatic rings. The average molecular weight is 249 g/mol. The van der Waals surface area contributed by atoms with E-state index in [9.17, 15) is 15.0 Å². The molecule has 8 heteroatoms. The number of nitrogens with zero attached hydrogens (tertiary/aromatic N) is 2. The lowest BCUT2D eigenvalue weighted by atomic mass is 9.77. The van der Waals surface area contributed by atoms with E-state index in [1.165, 1.54) is 6.08 Å². The minimum Gasteiger partial charge on any atom is -0.361 e. The first-order valence-electron chi connectivity index (χ1n) is 5.13. The van der Waals surface area contributed by atoms with Crippen molar-refractivity contribution in [1.29, 1.82) is 0 Å². The fraction of sp³-hybridized carbons (Fsp3) is 0.889. The van der Waals surface area contributed by atoms with Crippen LogP contribution in [0.4, 0.5) is 0 Å². The van der Waals surface area contributed by atoms with Crippen LogP contribution in [0, 0.1) is 0 Å². The quantitative estimate of drug-likeness (QED) is 0.182. The van der Waals surface area contributed by atoms with Crippen LogP contribution in [0.3, 0.4) is 0 Å². The fourth-order valence-corrected chi connectivity index (χ4v) is 1.68. The molecule has 0 saturated carbocycles. The first-order valence-corrected chi connectivity index (χ1v) is 5.13. The van der Waals surface area contributed by atoms with Crippen molar-refractivity contribution in [1.82, 2.24) is 5.23 Å². The molecule has 0 fully saturated rings. The lowest BCUT2D eigenvalue weighted by Crippen LogP contribution is -2.74. The highest BCUT2D eigenvalue weighted by Crippen LogP contribution is 2.38. The maximum atomic E-state index is 10.4. The van der Waals surface area contributed by atoms with Crippen LogP contribution in [-0.4, -0.2) is 48.9 Å². The minimum atomic E-state index is -2.84. The van der Waals surface area contributed by atoms with Crippen molar-refractivity contribution in [3.63, 3.8) is 0 Å². The number of aliphatic hydroxyl groups is 2. The third-order valence-corrected chi connectivity index (χ3v) is 3.20. The molecule has 0 aliphatic heterocycles. The van der Waals surface area contributed by atoms with Gasteiger partial charge in [0.1, 0.15) is 5.54 Å². The molecule has 0 radical (unpaired) electrons. The van der Waals surface area contributed by atoms with Gasteiger partial charge in [-0.2, -0.15) is 4.99 Å². The van der Waals surface area contributed by atoms with Crippen LogP contribution >= 0.6 is 0 Å². The molecule has 0 heterocycles. The molecular formula is C9H19N3O5. The van der Waals surface area contributed by atoms with Crippen molar-refractivity contribution < 1.29 is 25.4 Å². The van der Waals surface area contributed by atoms with Crippen LogP contribution in [-0.2, 0) is 4.79 Å². The summed E-state index contributed by atoms with van der Waals surface area (Å²) >= 11 is 0. The molecular weight excluding hydrogens is 230 g/mol. The van der Waals surface area contributed by atoms with E-state index in [1.54, 1.807) is 13.8 Å². The molecule has 0 saturated heterocycles. The second-order valence-corrected chi connectivity index (χ2v) is 4.05. The van der Waals surface area contributed by atoms with Gasteiger partial charge in [0.05, 0.1) is 0 Å². The first-order chi connectivity index (χ1) is 7.63. The van der Waals surface area contributed by atoms with Crippen LogP contribution in [0.25, 0.3) is 0 Å². The Kier molecular flexibility index (Phi) is 4.93. The Bertz CT molecular complexity index is 306. The van der Waals surface area contributed by atoms with E-state index in [0.29, 0.717) is 0 Å². The summed E-state index contributed by atoms with van der Waals surface area (Å²) in [4.78, 5) is 13.8. The summed E-state index contributed by atoms with van der Waals surface area (Å²) in [7, 11) is 0. The van der Waals surface area contributed by atoms with E-state index >= 15 is 0 Å². The number of carbonyl (C=O) groups excluding carboxylic acids is 1. The normalized spacial score (nSPS) is 16.5. The average Bonchev–Trinajstić information content (AvgIpc) is 2.25. The van der Waals surface area contributed by atoms with Gasteiger partial charge in [0, 0.05) is 0 Å². The number of hydrogen-bond donors (Lipinski definition) is 5. The fourth-order valence-electron chi connectivity index (χ4n) is 1.68. The number of hydrogen-bond acceptors (Lipinski definition) is 8. The van der Waals surface area contributed by atoms with Gasteiger partial charge in [-0.1, -0.05) is 13.8 Å². The monoisotopic (exact) mass is 249 g/mol. The first kappa shape index (κ1) is 16.1. The SMILES string of the molecule is CCC(CC)(N=C=O)C(O)(O)C(C)(N)N(O)O. The van der Waals surface area contributed by atoms with Gasteiger partial charge >= 0.3 is 0 Å². The van der Waals surface area contributed by atoms with E-state index in [4.69, 9.17) is 16.1 Å². The van der Waals surface area contributed by atoms with Crippen molar-refractivity contribution in [3.8, 4) is 0 Å². The standard InChI is InChI=1S/C9H19N3O5/c1-4-8(5-2,11-6-13)9(14,15)7(3,10)12(16)17/h14-17H,4-5,10H2,1-3H3. The summed E-state index contributed by atoms with van der Waals surface area (Å²) < 4.78 is 0. The molecule has 8 nitrogen and oxygen atoms in total. The Morgan fingerprint density at radius 1 is 1.29 bits per heavy atom. The molecule has 100 valence electrons. The Hall–Kier alpha value is -0.860. The maximum absolute atomic E-state index is 10.4. The van der Waals surface area contributed by atoms with Crippen LogP contribution in [0.2, 0.25) is 0 Å². The third kappa shape index (κ3) is 2.38. The zero-order valence-corrected chi connectivity index (χ0v) is 10.1. The van der Waals surface area contributed by atoms with E-state index in [-0.39, 0.29) is 12.8 Å². The van der Waals surface area contributed by atoms with Gasteiger partial charge in [-0.05, 0) is 25.0 Å². The van der Waals surface area contributed by atoms with Gasteiger partial charge in [-0.15, -0.1) is 0 Å². The van der Waals surface area contributed by atoms with Crippen molar-refractivity contribution >= 4 is 6.08 Å². The van der Waals surface area contributed by atoms with Crippen LogP contribution in [0.5, 0.6) is 0 Å².